The van der Waals surface area contributed by atoms with Gasteiger partial charge in [-0.1, -0.05) is 0 Å². The number of hydrogen-bond acceptors (Lipinski definition) is 5. The van der Waals surface area contributed by atoms with Crippen molar-refractivity contribution >= 4 is 51.5 Å². The molecule has 7 nitrogen and oxygen atoms in total. The van der Waals surface area contributed by atoms with E-state index in [1.54, 1.807) is 4.90 Å². The van der Waals surface area contributed by atoms with E-state index in [0.29, 0.717) is 11.0 Å². The van der Waals surface area contributed by atoms with Crippen molar-refractivity contribution in [2.24, 2.45) is 5.41 Å². The molecule has 2 aliphatic heterocycles. The van der Waals surface area contributed by atoms with Gasteiger partial charge in [-0.2, -0.15) is 4.39 Å². The summed E-state index contributed by atoms with van der Waals surface area (Å²) in [4.78, 5) is 26.3. The lowest BCUT2D eigenvalue weighted by Crippen LogP contribution is -2.40. The predicted molar refractivity (Wildman–Crippen MR) is 144 cm³/mol. The summed E-state index contributed by atoms with van der Waals surface area (Å²) >= 11 is 2.25. The Labute approximate surface area is 226 Å². The average Bonchev–Trinajstić information content (AvgIpc) is 3.56. The van der Waals surface area contributed by atoms with Gasteiger partial charge < -0.3 is 15.1 Å². The SMILES string of the molecule is Cc1nc2c(N3CCC(F)(F)CC3)nc(NC(=O)c3ccc(I)cc3N3CCC4(CC3)CC4)cn2c1F. The van der Waals surface area contributed by atoms with E-state index in [2.05, 4.69) is 42.8 Å². The number of nitrogens with zero attached hydrogens (tertiary/aromatic N) is 5. The molecule has 2 saturated heterocycles. The summed E-state index contributed by atoms with van der Waals surface area (Å²) in [5, 5.41) is 2.84. The average molecular weight is 624 g/mol. The fraction of sp³-hybridized carbons (Fsp3) is 0.500. The maximum absolute atomic E-state index is 14.9. The predicted octanol–water partition coefficient (Wildman–Crippen LogP) is 5.65. The van der Waals surface area contributed by atoms with Gasteiger partial charge >= 0.3 is 0 Å². The van der Waals surface area contributed by atoms with Gasteiger partial charge in [0.05, 0.1) is 23.1 Å². The maximum atomic E-state index is 14.9. The summed E-state index contributed by atoms with van der Waals surface area (Å²) in [5.74, 6) is -3.23. The summed E-state index contributed by atoms with van der Waals surface area (Å²) in [6.45, 7) is 3.50. The van der Waals surface area contributed by atoms with Gasteiger partial charge in [-0.25, -0.2) is 18.7 Å². The number of aromatic nitrogens is 3. The van der Waals surface area contributed by atoms with Gasteiger partial charge in [0.25, 0.3) is 11.8 Å². The largest absolute Gasteiger partial charge is 0.371 e. The van der Waals surface area contributed by atoms with Gasteiger partial charge in [-0.3, -0.25) is 9.20 Å². The van der Waals surface area contributed by atoms with Crippen LogP contribution in [0.2, 0.25) is 0 Å². The molecule has 3 aromatic rings. The highest BCUT2D eigenvalue weighted by Crippen LogP contribution is 2.54. The molecule has 37 heavy (non-hydrogen) atoms. The zero-order chi connectivity index (χ0) is 25.9. The third-order valence-electron chi connectivity index (χ3n) is 8.05. The molecule has 11 heteroatoms. The lowest BCUT2D eigenvalue weighted by molar-refractivity contribution is -0.0221. The summed E-state index contributed by atoms with van der Waals surface area (Å²) in [5.41, 5.74) is 2.34. The molecule has 1 aromatic carbocycles. The molecular weight excluding hydrogens is 596 g/mol. The minimum absolute atomic E-state index is 0.0678. The Morgan fingerprint density at radius 2 is 1.68 bits per heavy atom. The van der Waals surface area contributed by atoms with Crippen LogP contribution in [0.3, 0.4) is 0 Å². The molecule has 1 saturated carbocycles. The molecule has 4 heterocycles. The first kappa shape index (κ1) is 24.7. The lowest BCUT2D eigenvalue weighted by Gasteiger charge is -2.35. The first-order chi connectivity index (χ1) is 17.6. The monoisotopic (exact) mass is 624 g/mol. The second-order valence-electron chi connectivity index (χ2n) is 10.6. The Morgan fingerprint density at radius 1 is 1.00 bits per heavy atom. The molecule has 3 aliphatic rings. The van der Waals surface area contributed by atoms with Crippen LogP contribution in [0.15, 0.2) is 24.4 Å². The van der Waals surface area contributed by atoms with Gasteiger partial charge in [-0.15, -0.1) is 0 Å². The van der Waals surface area contributed by atoms with Crippen LogP contribution in [-0.2, 0) is 0 Å². The zero-order valence-electron chi connectivity index (χ0n) is 20.5. The molecule has 3 fully saturated rings. The number of carbonyl (C=O) groups excluding carboxylic acids is 1. The molecule has 1 aliphatic carbocycles. The normalized spacial score (nSPS) is 20.5. The van der Waals surface area contributed by atoms with Crippen LogP contribution in [-0.4, -0.2) is 52.4 Å². The van der Waals surface area contributed by atoms with Crippen LogP contribution >= 0.6 is 22.6 Å². The number of nitrogens with one attached hydrogen (secondary N) is 1. The van der Waals surface area contributed by atoms with Crippen molar-refractivity contribution in [3.8, 4) is 0 Å². The van der Waals surface area contributed by atoms with Crippen molar-refractivity contribution in [2.45, 2.75) is 51.4 Å². The van der Waals surface area contributed by atoms with E-state index in [9.17, 15) is 18.0 Å². The number of amides is 1. The van der Waals surface area contributed by atoms with Gasteiger partial charge in [0, 0.05) is 42.6 Å². The molecule has 1 N–H and O–H groups in total. The van der Waals surface area contributed by atoms with Crippen molar-refractivity contribution in [3.63, 3.8) is 0 Å². The van der Waals surface area contributed by atoms with Crippen LogP contribution in [0.4, 0.5) is 30.5 Å². The minimum atomic E-state index is -2.73. The van der Waals surface area contributed by atoms with Gasteiger partial charge in [0.15, 0.2) is 17.3 Å². The zero-order valence-corrected chi connectivity index (χ0v) is 22.7. The number of piperidine rings is 2. The van der Waals surface area contributed by atoms with E-state index in [0.717, 1.165) is 35.2 Å². The fourth-order valence-corrected chi connectivity index (χ4v) is 5.95. The number of hydrogen-bond donors (Lipinski definition) is 1. The van der Waals surface area contributed by atoms with Crippen LogP contribution in [0.25, 0.3) is 5.65 Å². The molecule has 2 aromatic heterocycles. The van der Waals surface area contributed by atoms with Gasteiger partial charge in [0.2, 0.25) is 5.95 Å². The molecular formula is C26H28F3IN6O. The third-order valence-corrected chi connectivity index (χ3v) is 8.72. The van der Waals surface area contributed by atoms with Crippen LogP contribution < -0.4 is 15.1 Å². The van der Waals surface area contributed by atoms with Crippen LogP contribution in [0, 0.1) is 21.9 Å². The maximum Gasteiger partial charge on any atom is 0.258 e. The minimum Gasteiger partial charge on any atom is -0.371 e. The quantitative estimate of drug-likeness (QED) is 0.381. The van der Waals surface area contributed by atoms with E-state index >= 15 is 0 Å². The second-order valence-corrected chi connectivity index (χ2v) is 11.8. The highest BCUT2D eigenvalue weighted by Gasteiger charge is 2.44. The first-order valence-electron chi connectivity index (χ1n) is 12.7. The van der Waals surface area contributed by atoms with E-state index in [4.69, 9.17) is 0 Å². The molecule has 196 valence electrons. The summed E-state index contributed by atoms with van der Waals surface area (Å²) in [7, 11) is 0. The van der Waals surface area contributed by atoms with Gasteiger partial charge in [0.1, 0.15) is 0 Å². The van der Waals surface area contributed by atoms with E-state index in [1.165, 1.54) is 30.4 Å². The van der Waals surface area contributed by atoms with Crippen molar-refractivity contribution in [1.82, 2.24) is 14.4 Å². The highest BCUT2D eigenvalue weighted by atomic mass is 127. The Kier molecular flexibility index (Phi) is 6.03. The number of imidazole rings is 1. The number of alkyl halides is 2. The lowest BCUT2D eigenvalue weighted by atomic mass is 9.93. The number of benzene rings is 1. The van der Waals surface area contributed by atoms with Crippen molar-refractivity contribution in [2.75, 3.05) is 41.3 Å². The standard InChI is InChI=1S/C26H28F3IN6O/c1-16-21(27)36-15-20(32-22(23(36)31-16)35-12-8-26(28,29)9-13-35)33-24(37)18-3-2-17(30)14-19(18)34-10-6-25(4-5-25)7-11-34/h2-3,14-15H,4-13H2,1H3,(H,33,37). The summed E-state index contributed by atoms with van der Waals surface area (Å²) in [6, 6.07) is 5.72. The number of fused-ring (bicyclic) bond motifs is 1. The van der Waals surface area contributed by atoms with E-state index in [-0.39, 0.29) is 54.8 Å². The van der Waals surface area contributed by atoms with Gasteiger partial charge in [-0.05, 0) is 78.8 Å². The fourth-order valence-electron chi connectivity index (χ4n) is 5.48. The van der Waals surface area contributed by atoms with E-state index in [1.807, 2.05) is 18.2 Å². The summed E-state index contributed by atoms with van der Waals surface area (Å²) in [6.07, 6.45) is 5.64. The van der Waals surface area contributed by atoms with Crippen molar-refractivity contribution in [3.05, 3.63) is 45.2 Å². The molecule has 1 spiro atoms. The van der Waals surface area contributed by atoms with Crippen LogP contribution in [0.5, 0.6) is 0 Å². The molecule has 1 amide bonds. The van der Waals surface area contributed by atoms with Crippen molar-refractivity contribution in [1.29, 1.82) is 0 Å². The molecule has 0 atom stereocenters. The van der Waals surface area contributed by atoms with Crippen LogP contribution in [0.1, 0.15) is 54.6 Å². The Bertz CT molecular complexity index is 1370. The second kappa shape index (κ2) is 9.02. The number of aryl methyl sites for hydroxylation is 1. The van der Waals surface area contributed by atoms with Crippen molar-refractivity contribution < 1.29 is 18.0 Å². The third kappa shape index (κ3) is 4.74. The molecule has 0 unspecified atom stereocenters. The molecule has 6 rings (SSSR count). The Hall–Kier alpha value is -2.57. The first-order valence-corrected chi connectivity index (χ1v) is 13.7. The number of halogens is 4. The topological polar surface area (TPSA) is 65.8 Å². The number of anilines is 3. The number of carbonyl (C=O) groups is 1. The highest BCUT2D eigenvalue weighted by molar-refractivity contribution is 14.1. The summed E-state index contributed by atoms with van der Waals surface area (Å²) < 4.78 is 44.8. The smallest absolute Gasteiger partial charge is 0.258 e. The van der Waals surface area contributed by atoms with E-state index < -0.39 is 11.9 Å². The Balaban J connectivity index is 1.31. The number of rotatable bonds is 4. The molecule has 0 bridgehead atoms. The Morgan fingerprint density at radius 3 is 2.35 bits per heavy atom. The molecule has 0 radical (unpaired) electrons.